The zero-order valence-corrected chi connectivity index (χ0v) is 14.8. The fourth-order valence-corrected chi connectivity index (χ4v) is 3.37. The molecule has 1 atom stereocenters. The molecular weight excluding hydrogens is 345 g/mol. The molecule has 2 heterocycles. The summed E-state index contributed by atoms with van der Waals surface area (Å²) < 4.78 is 21.4. The number of rotatable bonds is 5. The molecule has 1 unspecified atom stereocenters. The average molecular weight is 366 g/mol. The first-order valence-electron chi connectivity index (χ1n) is 8.23. The van der Waals surface area contributed by atoms with Crippen molar-refractivity contribution in [2.24, 2.45) is 7.05 Å². The van der Waals surface area contributed by atoms with Crippen molar-refractivity contribution in [2.75, 3.05) is 32.8 Å². The molecule has 1 aliphatic rings. The Balaban J connectivity index is 1.76. The standard InChI is InChI=1S/C18H21ClFN3O2/c1-22-7-3-6-15(22)16(23-8-10-25-11-9-23)12-21-18(24)17-13(19)4-2-5-14(17)20/h2-7,16H,8-12H2,1H3,(H,21,24). The lowest BCUT2D eigenvalue weighted by atomic mass is 10.1. The van der Waals surface area contributed by atoms with Gasteiger partial charge in [-0.2, -0.15) is 0 Å². The summed E-state index contributed by atoms with van der Waals surface area (Å²) in [6, 6.07) is 8.21. The smallest absolute Gasteiger partial charge is 0.255 e. The number of nitrogens with zero attached hydrogens (tertiary/aromatic N) is 2. The molecule has 1 N–H and O–H groups in total. The maximum atomic E-state index is 13.9. The Kier molecular flexibility index (Phi) is 5.73. The molecule has 0 radical (unpaired) electrons. The highest BCUT2D eigenvalue weighted by atomic mass is 35.5. The van der Waals surface area contributed by atoms with Gasteiger partial charge in [-0.05, 0) is 24.3 Å². The van der Waals surface area contributed by atoms with Gasteiger partial charge in [-0.1, -0.05) is 17.7 Å². The maximum Gasteiger partial charge on any atom is 0.255 e. The summed E-state index contributed by atoms with van der Waals surface area (Å²) in [6.45, 7) is 3.25. The molecule has 2 aromatic rings. The number of aromatic nitrogens is 1. The summed E-state index contributed by atoms with van der Waals surface area (Å²) in [5.74, 6) is -1.12. The van der Waals surface area contributed by atoms with Crippen molar-refractivity contribution < 1.29 is 13.9 Å². The Morgan fingerprint density at radius 2 is 2.08 bits per heavy atom. The van der Waals surface area contributed by atoms with Crippen molar-refractivity contribution in [3.8, 4) is 0 Å². The molecule has 134 valence electrons. The Bertz CT molecular complexity index is 723. The minimum atomic E-state index is -0.619. The van der Waals surface area contributed by atoms with Crippen molar-refractivity contribution >= 4 is 17.5 Å². The third-order valence-electron chi connectivity index (χ3n) is 4.46. The summed E-state index contributed by atoms with van der Waals surface area (Å²) >= 11 is 5.98. The van der Waals surface area contributed by atoms with E-state index in [1.54, 1.807) is 0 Å². The van der Waals surface area contributed by atoms with Crippen LogP contribution in [0.25, 0.3) is 0 Å². The van der Waals surface area contributed by atoms with E-state index in [1.165, 1.54) is 18.2 Å². The molecule has 7 heteroatoms. The second-order valence-electron chi connectivity index (χ2n) is 6.01. The van der Waals surface area contributed by atoms with Crippen molar-refractivity contribution in [2.45, 2.75) is 6.04 Å². The maximum absolute atomic E-state index is 13.9. The zero-order chi connectivity index (χ0) is 17.8. The van der Waals surface area contributed by atoms with Crippen LogP contribution in [0, 0.1) is 5.82 Å². The van der Waals surface area contributed by atoms with Gasteiger partial charge in [-0.25, -0.2) is 4.39 Å². The predicted octanol–water partition coefficient (Wildman–Crippen LogP) is 2.62. The molecule has 1 fully saturated rings. The summed E-state index contributed by atoms with van der Waals surface area (Å²) in [5.41, 5.74) is 0.971. The molecule has 3 rings (SSSR count). The van der Waals surface area contributed by atoms with Crippen molar-refractivity contribution in [3.63, 3.8) is 0 Å². The minimum absolute atomic E-state index is 0.0154. The first kappa shape index (κ1) is 17.9. The Hall–Kier alpha value is -1.89. The molecule has 0 saturated carbocycles. The van der Waals surface area contributed by atoms with Gasteiger partial charge in [0.1, 0.15) is 5.82 Å². The van der Waals surface area contributed by atoms with Gasteiger partial charge in [0, 0.05) is 38.6 Å². The molecule has 25 heavy (non-hydrogen) atoms. The van der Waals surface area contributed by atoms with Crippen LogP contribution >= 0.6 is 11.6 Å². The number of amides is 1. The van der Waals surface area contributed by atoms with Gasteiger partial charge in [-0.3, -0.25) is 9.69 Å². The molecule has 1 aromatic carbocycles. The summed E-state index contributed by atoms with van der Waals surface area (Å²) in [4.78, 5) is 14.7. The summed E-state index contributed by atoms with van der Waals surface area (Å²) in [6.07, 6.45) is 1.97. The lowest BCUT2D eigenvalue weighted by Crippen LogP contribution is -2.44. The van der Waals surface area contributed by atoms with E-state index in [9.17, 15) is 9.18 Å². The van der Waals surface area contributed by atoms with Crippen LogP contribution < -0.4 is 5.32 Å². The number of carbonyl (C=O) groups is 1. The van der Waals surface area contributed by atoms with E-state index < -0.39 is 11.7 Å². The number of hydrogen-bond acceptors (Lipinski definition) is 3. The third-order valence-corrected chi connectivity index (χ3v) is 4.77. The fourth-order valence-electron chi connectivity index (χ4n) is 3.12. The van der Waals surface area contributed by atoms with Crippen LogP contribution in [0.4, 0.5) is 4.39 Å². The van der Waals surface area contributed by atoms with Crippen LogP contribution in [0.1, 0.15) is 22.1 Å². The van der Waals surface area contributed by atoms with Crippen LogP contribution in [0.15, 0.2) is 36.5 Å². The molecule has 1 aliphatic heterocycles. The Morgan fingerprint density at radius 3 is 2.72 bits per heavy atom. The molecule has 0 aliphatic carbocycles. The number of benzene rings is 1. The average Bonchev–Trinajstić information content (AvgIpc) is 3.02. The van der Waals surface area contributed by atoms with E-state index in [0.717, 1.165) is 18.8 Å². The first-order chi connectivity index (χ1) is 12.1. The largest absolute Gasteiger partial charge is 0.379 e. The van der Waals surface area contributed by atoms with E-state index in [4.69, 9.17) is 16.3 Å². The monoisotopic (exact) mass is 365 g/mol. The topological polar surface area (TPSA) is 46.5 Å². The van der Waals surface area contributed by atoms with Crippen LogP contribution in [0.5, 0.6) is 0 Å². The molecule has 5 nitrogen and oxygen atoms in total. The molecule has 1 amide bonds. The van der Waals surface area contributed by atoms with E-state index >= 15 is 0 Å². The van der Waals surface area contributed by atoms with Crippen LogP contribution in [-0.2, 0) is 11.8 Å². The van der Waals surface area contributed by atoms with Gasteiger partial charge >= 0.3 is 0 Å². The Labute approximate surface area is 151 Å². The third kappa shape index (κ3) is 4.03. The fraction of sp³-hybridized carbons (Fsp3) is 0.389. The SMILES string of the molecule is Cn1cccc1C(CNC(=O)c1c(F)cccc1Cl)N1CCOCC1. The van der Waals surface area contributed by atoms with Crippen molar-refractivity contribution in [1.82, 2.24) is 14.8 Å². The van der Waals surface area contributed by atoms with Crippen molar-refractivity contribution in [1.29, 1.82) is 0 Å². The summed E-state index contributed by atoms with van der Waals surface area (Å²) in [7, 11) is 1.97. The number of hydrogen-bond donors (Lipinski definition) is 1. The van der Waals surface area contributed by atoms with E-state index in [-0.39, 0.29) is 16.6 Å². The molecular formula is C18H21ClFN3O2. The van der Waals surface area contributed by atoms with E-state index in [1.807, 2.05) is 29.9 Å². The zero-order valence-electron chi connectivity index (χ0n) is 14.0. The number of morpholine rings is 1. The van der Waals surface area contributed by atoms with E-state index in [0.29, 0.717) is 19.8 Å². The molecule has 1 saturated heterocycles. The van der Waals surface area contributed by atoms with Gasteiger partial charge < -0.3 is 14.6 Å². The Morgan fingerprint density at radius 1 is 1.32 bits per heavy atom. The number of carbonyl (C=O) groups excluding carboxylic acids is 1. The van der Waals surface area contributed by atoms with Crippen LogP contribution in [-0.4, -0.2) is 48.2 Å². The highest BCUT2D eigenvalue weighted by Crippen LogP contribution is 2.23. The number of aryl methyl sites for hydroxylation is 1. The van der Waals surface area contributed by atoms with Gasteiger partial charge in [0.2, 0.25) is 0 Å². The second kappa shape index (κ2) is 7.99. The number of halogens is 2. The quantitative estimate of drug-likeness (QED) is 0.886. The van der Waals surface area contributed by atoms with Gasteiger partial charge in [0.25, 0.3) is 5.91 Å². The highest BCUT2D eigenvalue weighted by molar-refractivity contribution is 6.33. The predicted molar refractivity (Wildman–Crippen MR) is 94.3 cm³/mol. The van der Waals surface area contributed by atoms with Gasteiger partial charge in [0.05, 0.1) is 29.8 Å². The number of nitrogens with one attached hydrogen (secondary N) is 1. The number of ether oxygens (including phenoxy) is 1. The van der Waals surface area contributed by atoms with Crippen LogP contribution in [0.3, 0.4) is 0 Å². The molecule has 0 spiro atoms. The first-order valence-corrected chi connectivity index (χ1v) is 8.61. The normalized spacial score (nSPS) is 16.6. The second-order valence-corrected chi connectivity index (χ2v) is 6.42. The highest BCUT2D eigenvalue weighted by Gasteiger charge is 2.26. The minimum Gasteiger partial charge on any atom is -0.379 e. The molecule has 0 bridgehead atoms. The van der Waals surface area contributed by atoms with Crippen LogP contribution in [0.2, 0.25) is 5.02 Å². The summed E-state index contributed by atoms with van der Waals surface area (Å²) in [5, 5.41) is 2.94. The van der Waals surface area contributed by atoms with E-state index in [2.05, 4.69) is 10.2 Å². The molecule has 1 aromatic heterocycles. The lowest BCUT2D eigenvalue weighted by Gasteiger charge is -2.35. The van der Waals surface area contributed by atoms with Gasteiger partial charge in [-0.15, -0.1) is 0 Å². The lowest BCUT2D eigenvalue weighted by molar-refractivity contribution is 0.0148. The van der Waals surface area contributed by atoms with Crippen molar-refractivity contribution in [3.05, 3.63) is 58.6 Å². The van der Waals surface area contributed by atoms with Gasteiger partial charge in [0.15, 0.2) is 0 Å².